The standard InChI is InChI=1S/C17H30O4/c1-15(2)17(19)21-14-12-10-8-6-4-5-7-9-11-13-16(18)20-3/h1,4-14H2,2-3H3. The Kier molecular flexibility index (Phi) is 12.8. The Labute approximate surface area is 128 Å². The Morgan fingerprint density at radius 1 is 0.857 bits per heavy atom. The van der Waals surface area contributed by atoms with E-state index in [0.717, 1.165) is 25.7 Å². The molecule has 0 saturated heterocycles. The van der Waals surface area contributed by atoms with Crippen molar-refractivity contribution in [2.45, 2.75) is 71.1 Å². The molecule has 0 saturated carbocycles. The van der Waals surface area contributed by atoms with Gasteiger partial charge in [0.05, 0.1) is 13.7 Å². The molecule has 0 radical (unpaired) electrons. The van der Waals surface area contributed by atoms with Gasteiger partial charge in [0.15, 0.2) is 0 Å². The van der Waals surface area contributed by atoms with Crippen LogP contribution in [0.2, 0.25) is 0 Å². The van der Waals surface area contributed by atoms with Crippen LogP contribution in [0.1, 0.15) is 71.1 Å². The normalized spacial score (nSPS) is 10.2. The first-order valence-electron chi connectivity index (χ1n) is 7.97. The number of carbonyl (C=O) groups excluding carboxylic acids is 2. The summed E-state index contributed by atoms with van der Waals surface area (Å²) in [6.07, 6.45) is 10.7. The number of rotatable bonds is 13. The highest BCUT2D eigenvalue weighted by Crippen LogP contribution is 2.11. The molecule has 0 bridgehead atoms. The molecule has 0 spiro atoms. The minimum Gasteiger partial charge on any atom is -0.469 e. The number of unbranched alkanes of at least 4 members (excludes halogenated alkanes) is 8. The molecule has 0 aromatic heterocycles. The van der Waals surface area contributed by atoms with Gasteiger partial charge in [-0.05, 0) is 19.8 Å². The van der Waals surface area contributed by atoms with E-state index >= 15 is 0 Å². The summed E-state index contributed by atoms with van der Waals surface area (Å²) in [6.45, 7) is 5.70. The van der Waals surface area contributed by atoms with Crippen molar-refractivity contribution >= 4 is 11.9 Å². The maximum absolute atomic E-state index is 11.1. The second-order valence-electron chi connectivity index (χ2n) is 5.42. The van der Waals surface area contributed by atoms with E-state index < -0.39 is 0 Å². The monoisotopic (exact) mass is 298 g/mol. The fourth-order valence-corrected chi connectivity index (χ4v) is 2.00. The van der Waals surface area contributed by atoms with E-state index in [1.54, 1.807) is 6.92 Å². The number of esters is 2. The summed E-state index contributed by atoms with van der Waals surface area (Å²) in [4.78, 5) is 22.0. The molecule has 4 nitrogen and oxygen atoms in total. The van der Waals surface area contributed by atoms with Gasteiger partial charge in [0.1, 0.15) is 0 Å². The summed E-state index contributed by atoms with van der Waals surface area (Å²) in [5.41, 5.74) is 0.460. The third-order valence-electron chi connectivity index (χ3n) is 3.33. The molecule has 122 valence electrons. The maximum atomic E-state index is 11.1. The second kappa shape index (κ2) is 13.7. The fourth-order valence-electron chi connectivity index (χ4n) is 2.00. The van der Waals surface area contributed by atoms with Crippen LogP contribution in [0.4, 0.5) is 0 Å². The summed E-state index contributed by atoms with van der Waals surface area (Å²) in [5, 5.41) is 0. The van der Waals surface area contributed by atoms with Gasteiger partial charge in [0.2, 0.25) is 0 Å². The van der Waals surface area contributed by atoms with Gasteiger partial charge >= 0.3 is 11.9 Å². The smallest absolute Gasteiger partial charge is 0.333 e. The third-order valence-corrected chi connectivity index (χ3v) is 3.33. The first kappa shape index (κ1) is 19.7. The number of carbonyl (C=O) groups is 2. The molecule has 21 heavy (non-hydrogen) atoms. The molecule has 0 fully saturated rings. The van der Waals surface area contributed by atoms with Gasteiger partial charge in [0, 0.05) is 12.0 Å². The second-order valence-corrected chi connectivity index (χ2v) is 5.42. The zero-order valence-electron chi connectivity index (χ0n) is 13.6. The van der Waals surface area contributed by atoms with Gasteiger partial charge in [-0.3, -0.25) is 4.79 Å². The average Bonchev–Trinajstić information content (AvgIpc) is 2.47. The van der Waals surface area contributed by atoms with E-state index in [1.807, 2.05) is 0 Å². The van der Waals surface area contributed by atoms with Gasteiger partial charge in [-0.2, -0.15) is 0 Å². The molecular formula is C17H30O4. The number of ether oxygens (including phenoxy) is 2. The van der Waals surface area contributed by atoms with Crippen molar-refractivity contribution in [2.75, 3.05) is 13.7 Å². The first-order valence-corrected chi connectivity index (χ1v) is 7.97. The van der Waals surface area contributed by atoms with Gasteiger partial charge in [-0.1, -0.05) is 51.5 Å². The first-order chi connectivity index (χ1) is 10.1. The van der Waals surface area contributed by atoms with Gasteiger partial charge in [0.25, 0.3) is 0 Å². The molecule has 0 aliphatic rings. The maximum Gasteiger partial charge on any atom is 0.333 e. The zero-order chi connectivity index (χ0) is 15.9. The van der Waals surface area contributed by atoms with Crippen molar-refractivity contribution in [3.05, 3.63) is 12.2 Å². The summed E-state index contributed by atoms with van der Waals surface area (Å²) in [7, 11) is 1.43. The average molecular weight is 298 g/mol. The minimum absolute atomic E-state index is 0.109. The van der Waals surface area contributed by atoms with Crippen LogP contribution in [-0.2, 0) is 19.1 Å². The molecule has 4 heteroatoms. The summed E-state index contributed by atoms with van der Waals surface area (Å²) in [6, 6.07) is 0. The van der Waals surface area contributed by atoms with Crippen LogP contribution in [0.25, 0.3) is 0 Å². The molecule has 0 rings (SSSR count). The molecule has 0 aliphatic carbocycles. The van der Waals surface area contributed by atoms with Crippen LogP contribution in [0.3, 0.4) is 0 Å². The largest absolute Gasteiger partial charge is 0.469 e. The lowest BCUT2D eigenvalue weighted by Crippen LogP contribution is -2.05. The Bertz CT molecular complexity index is 310. The van der Waals surface area contributed by atoms with Gasteiger partial charge in [-0.15, -0.1) is 0 Å². The van der Waals surface area contributed by atoms with Crippen molar-refractivity contribution in [3.63, 3.8) is 0 Å². The van der Waals surface area contributed by atoms with E-state index in [9.17, 15) is 9.59 Å². The molecule has 0 unspecified atom stereocenters. The molecule has 0 aliphatic heterocycles. The van der Waals surface area contributed by atoms with Crippen LogP contribution in [0, 0.1) is 0 Å². The van der Waals surface area contributed by atoms with Crippen molar-refractivity contribution < 1.29 is 19.1 Å². The summed E-state index contributed by atoms with van der Waals surface area (Å²) >= 11 is 0. The van der Waals surface area contributed by atoms with Crippen LogP contribution in [0.5, 0.6) is 0 Å². The van der Waals surface area contributed by atoms with Crippen LogP contribution in [0.15, 0.2) is 12.2 Å². The van der Waals surface area contributed by atoms with Crippen molar-refractivity contribution in [1.82, 2.24) is 0 Å². The Hall–Kier alpha value is -1.32. The Morgan fingerprint density at radius 3 is 1.81 bits per heavy atom. The highest BCUT2D eigenvalue weighted by atomic mass is 16.5. The molecule has 0 atom stereocenters. The fraction of sp³-hybridized carbons (Fsp3) is 0.765. The Morgan fingerprint density at radius 2 is 1.33 bits per heavy atom. The minimum atomic E-state index is -0.290. The predicted octanol–water partition coefficient (Wildman–Crippen LogP) is 4.18. The lowest BCUT2D eigenvalue weighted by molar-refractivity contribution is -0.141. The quantitative estimate of drug-likeness (QED) is 0.291. The molecule has 0 aromatic rings. The summed E-state index contributed by atoms with van der Waals surface area (Å²) < 4.78 is 9.62. The predicted molar refractivity (Wildman–Crippen MR) is 84.0 cm³/mol. The molecule has 0 amide bonds. The van der Waals surface area contributed by atoms with E-state index in [4.69, 9.17) is 4.74 Å². The Balaban J connectivity index is 3.14. The SMILES string of the molecule is C=C(C)C(=O)OCCCCCCCCCCCC(=O)OC. The third kappa shape index (κ3) is 13.4. The number of methoxy groups -OCH3 is 1. The molecule has 0 N–H and O–H groups in total. The van der Waals surface area contributed by atoms with Crippen LogP contribution in [-0.4, -0.2) is 25.7 Å². The highest BCUT2D eigenvalue weighted by molar-refractivity contribution is 5.86. The van der Waals surface area contributed by atoms with E-state index in [2.05, 4.69) is 11.3 Å². The zero-order valence-corrected chi connectivity index (χ0v) is 13.6. The molecule has 0 heterocycles. The highest BCUT2D eigenvalue weighted by Gasteiger charge is 2.02. The van der Waals surface area contributed by atoms with E-state index in [-0.39, 0.29) is 11.9 Å². The van der Waals surface area contributed by atoms with Crippen LogP contribution < -0.4 is 0 Å². The lowest BCUT2D eigenvalue weighted by Gasteiger charge is -2.04. The van der Waals surface area contributed by atoms with Crippen molar-refractivity contribution in [1.29, 1.82) is 0 Å². The summed E-state index contributed by atoms with van der Waals surface area (Å²) in [5.74, 6) is -0.399. The molecule has 0 aromatic carbocycles. The number of hydrogen-bond acceptors (Lipinski definition) is 4. The van der Waals surface area contributed by atoms with Crippen LogP contribution >= 0.6 is 0 Å². The molecular weight excluding hydrogens is 268 g/mol. The van der Waals surface area contributed by atoms with Gasteiger partial charge < -0.3 is 9.47 Å². The van der Waals surface area contributed by atoms with E-state index in [0.29, 0.717) is 18.6 Å². The lowest BCUT2D eigenvalue weighted by atomic mass is 10.1. The number of hydrogen-bond donors (Lipinski definition) is 0. The van der Waals surface area contributed by atoms with Crippen molar-refractivity contribution in [2.24, 2.45) is 0 Å². The topological polar surface area (TPSA) is 52.6 Å². The van der Waals surface area contributed by atoms with Gasteiger partial charge in [-0.25, -0.2) is 4.79 Å². The van der Waals surface area contributed by atoms with Crippen molar-refractivity contribution in [3.8, 4) is 0 Å². The van der Waals surface area contributed by atoms with E-state index in [1.165, 1.54) is 39.2 Å².